The summed E-state index contributed by atoms with van der Waals surface area (Å²) in [5.74, 6) is 0. The lowest BCUT2D eigenvalue weighted by molar-refractivity contribution is 0.0511. The lowest BCUT2D eigenvalue weighted by Crippen LogP contribution is -2.39. The Morgan fingerprint density at radius 2 is 1.95 bits per heavy atom. The van der Waals surface area contributed by atoms with Crippen molar-refractivity contribution in [1.29, 1.82) is 0 Å². The Morgan fingerprint density at radius 3 is 2.55 bits per heavy atom. The summed E-state index contributed by atoms with van der Waals surface area (Å²) in [6, 6.07) is 0.917. The van der Waals surface area contributed by atoms with Gasteiger partial charge in [0, 0.05) is 25.2 Å². The summed E-state index contributed by atoms with van der Waals surface area (Å²) in [4.78, 5) is 11.8. The quantitative estimate of drug-likeness (QED) is 0.741. The van der Waals surface area contributed by atoms with Gasteiger partial charge in [-0.3, -0.25) is 0 Å². The van der Waals surface area contributed by atoms with Gasteiger partial charge in [0.05, 0.1) is 6.61 Å². The highest BCUT2D eigenvalue weighted by molar-refractivity contribution is 5.68. The average Bonchev–Trinajstić information content (AvgIpc) is 3.07. The maximum Gasteiger partial charge on any atom is 0.407 e. The third-order valence-corrected chi connectivity index (χ3v) is 4.75. The van der Waals surface area contributed by atoms with Crippen LogP contribution in [0.2, 0.25) is 0 Å². The highest BCUT2D eigenvalue weighted by atomic mass is 16.6. The molecule has 1 spiro atoms. The predicted octanol–water partition coefficient (Wildman–Crippen LogP) is 2.84. The lowest BCUT2D eigenvalue weighted by Gasteiger charge is -2.30. The second-order valence-corrected chi connectivity index (χ2v) is 7.69. The Kier molecular flexibility index (Phi) is 5.72. The fraction of sp³-hybridized carbons (Fsp3) is 0.941. The van der Waals surface area contributed by atoms with Gasteiger partial charge in [-0.25, -0.2) is 4.79 Å². The van der Waals surface area contributed by atoms with Gasteiger partial charge in [0.15, 0.2) is 0 Å². The fourth-order valence-corrected chi connectivity index (χ4v) is 3.43. The maximum atomic E-state index is 11.8. The first kappa shape index (κ1) is 17.5. The summed E-state index contributed by atoms with van der Waals surface area (Å²) in [5, 5.41) is 6.62. The van der Waals surface area contributed by atoms with Crippen molar-refractivity contribution in [3.63, 3.8) is 0 Å². The van der Waals surface area contributed by atoms with E-state index in [1.807, 2.05) is 27.7 Å². The topological polar surface area (TPSA) is 59.6 Å². The molecule has 0 heterocycles. The van der Waals surface area contributed by atoms with Crippen molar-refractivity contribution >= 4 is 6.09 Å². The molecule has 2 aliphatic rings. The van der Waals surface area contributed by atoms with E-state index in [2.05, 4.69) is 10.6 Å². The van der Waals surface area contributed by atoms with E-state index in [4.69, 9.17) is 9.47 Å². The van der Waals surface area contributed by atoms with Crippen LogP contribution in [0.1, 0.15) is 59.8 Å². The predicted molar refractivity (Wildman–Crippen MR) is 87.0 cm³/mol. The molecule has 0 aromatic rings. The van der Waals surface area contributed by atoms with E-state index in [9.17, 15) is 4.79 Å². The molecule has 1 unspecified atom stereocenters. The van der Waals surface area contributed by atoms with Crippen molar-refractivity contribution in [1.82, 2.24) is 10.6 Å². The summed E-state index contributed by atoms with van der Waals surface area (Å²) >= 11 is 0. The third kappa shape index (κ3) is 5.13. The first-order valence-corrected chi connectivity index (χ1v) is 8.65. The number of hydrogen-bond acceptors (Lipinski definition) is 4. The van der Waals surface area contributed by atoms with Crippen LogP contribution in [0.15, 0.2) is 0 Å². The van der Waals surface area contributed by atoms with Gasteiger partial charge in [0.1, 0.15) is 5.60 Å². The molecule has 0 aromatic carbocycles. The summed E-state index contributed by atoms with van der Waals surface area (Å²) in [5.41, 5.74) is -0.0801. The number of ether oxygens (including phenoxy) is 2. The van der Waals surface area contributed by atoms with E-state index in [-0.39, 0.29) is 6.09 Å². The van der Waals surface area contributed by atoms with E-state index in [0.29, 0.717) is 17.5 Å². The first-order chi connectivity index (χ1) is 10.3. The van der Waals surface area contributed by atoms with Gasteiger partial charge in [-0.1, -0.05) is 0 Å². The molecule has 2 rings (SSSR count). The Morgan fingerprint density at radius 1 is 1.27 bits per heavy atom. The second kappa shape index (κ2) is 7.18. The molecular formula is C17H32N2O3. The van der Waals surface area contributed by atoms with Crippen LogP contribution < -0.4 is 10.6 Å². The van der Waals surface area contributed by atoms with Crippen LogP contribution in [0.4, 0.5) is 4.79 Å². The molecule has 5 heteroatoms. The Balaban J connectivity index is 1.64. The van der Waals surface area contributed by atoms with Crippen LogP contribution in [-0.4, -0.2) is 43.5 Å². The van der Waals surface area contributed by atoms with Crippen LogP contribution in [0.25, 0.3) is 0 Å². The second-order valence-electron chi connectivity index (χ2n) is 7.69. The molecule has 2 saturated carbocycles. The van der Waals surface area contributed by atoms with E-state index < -0.39 is 5.60 Å². The maximum absolute atomic E-state index is 11.8. The fourth-order valence-electron chi connectivity index (χ4n) is 3.43. The number of amides is 1. The Labute approximate surface area is 134 Å². The molecule has 22 heavy (non-hydrogen) atoms. The van der Waals surface area contributed by atoms with E-state index in [0.717, 1.165) is 26.2 Å². The highest BCUT2D eigenvalue weighted by Crippen LogP contribution is 2.56. The molecular weight excluding hydrogens is 280 g/mol. The molecule has 0 aromatic heterocycles. The summed E-state index contributed by atoms with van der Waals surface area (Å²) in [7, 11) is 0. The van der Waals surface area contributed by atoms with E-state index in [1.165, 1.54) is 25.7 Å². The van der Waals surface area contributed by atoms with Crippen LogP contribution in [0.5, 0.6) is 0 Å². The number of carbonyl (C=O) groups is 1. The molecule has 0 radical (unpaired) electrons. The normalized spacial score (nSPS) is 31.1. The molecule has 0 bridgehead atoms. The molecule has 2 aliphatic carbocycles. The minimum Gasteiger partial charge on any atom is -0.444 e. The van der Waals surface area contributed by atoms with Gasteiger partial charge in [-0.05, 0) is 65.2 Å². The smallest absolute Gasteiger partial charge is 0.407 e. The number of rotatable bonds is 6. The number of hydrogen-bond donors (Lipinski definition) is 2. The summed E-state index contributed by atoms with van der Waals surface area (Å²) in [6.45, 7) is 10.2. The van der Waals surface area contributed by atoms with Crippen LogP contribution in [0.3, 0.4) is 0 Å². The number of carbonyl (C=O) groups excluding carboxylic acids is 1. The Bertz CT molecular complexity index is 371. The van der Waals surface area contributed by atoms with Crippen molar-refractivity contribution in [3.05, 3.63) is 0 Å². The average molecular weight is 312 g/mol. The summed E-state index contributed by atoms with van der Waals surface area (Å²) in [6.07, 6.45) is 5.61. The van der Waals surface area contributed by atoms with Gasteiger partial charge in [0.2, 0.25) is 0 Å². The first-order valence-electron chi connectivity index (χ1n) is 8.65. The standard InChI is InChI=1S/C17H32N2O3/c1-5-21-11-10-18-13-6-8-17(9-7-13)12-14(17)19-15(20)22-16(2,3)4/h13-14,18H,5-12H2,1-4H3,(H,19,20). The zero-order valence-electron chi connectivity index (χ0n) is 14.5. The molecule has 2 N–H and O–H groups in total. The van der Waals surface area contributed by atoms with Crippen molar-refractivity contribution < 1.29 is 14.3 Å². The van der Waals surface area contributed by atoms with Gasteiger partial charge in [-0.15, -0.1) is 0 Å². The Hall–Kier alpha value is -0.810. The highest BCUT2D eigenvalue weighted by Gasteiger charge is 2.55. The minimum atomic E-state index is -0.422. The van der Waals surface area contributed by atoms with Crippen molar-refractivity contribution in [2.24, 2.45) is 5.41 Å². The van der Waals surface area contributed by atoms with Crippen molar-refractivity contribution in [2.75, 3.05) is 19.8 Å². The van der Waals surface area contributed by atoms with Crippen LogP contribution in [-0.2, 0) is 9.47 Å². The monoisotopic (exact) mass is 312 g/mol. The largest absolute Gasteiger partial charge is 0.444 e. The van der Waals surface area contributed by atoms with Gasteiger partial charge in [0.25, 0.3) is 0 Å². The zero-order chi connectivity index (χ0) is 16.2. The zero-order valence-corrected chi connectivity index (χ0v) is 14.5. The molecule has 0 saturated heterocycles. The minimum absolute atomic E-state index is 0.272. The van der Waals surface area contributed by atoms with Crippen LogP contribution in [0, 0.1) is 5.41 Å². The number of alkyl carbamates (subject to hydrolysis) is 1. The molecule has 2 fully saturated rings. The van der Waals surface area contributed by atoms with Crippen molar-refractivity contribution in [2.45, 2.75) is 77.5 Å². The van der Waals surface area contributed by atoms with Gasteiger partial charge in [-0.2, -0.15) is 0 Å². The van der Waals surface area contributed by atoms with E-state index in [1.54, 1.807) is 0 Å². The summed E-state index contributed by atoms with van der Waals surface area (Å²) < 4.78 is 10.7. The SMILES string of the molecule is CCOCCNC1CCC2(CC1)CC2NC(=O)OC(C)(C)C. The van der Waals surface area contributed by atoms with Gasteiger partial charge < -0.3 is 20.1 Å². The van der Waals surface area contributed by atoms with Crippen LogP contribution >= 0.6 is 0 Å². The molecule has 1 atom stereocenters. The number of nitrogens with one attached hydrogen (secondary N) is 2. The lowest BCUT2D eigenvalue weighted by atomic mass is 9.83. The van der Waals surface area contributed by atoms with E-state index >= 15 is 0 Å². The third-order valence-electron chi connectivity index (χ3n) is 4.75. The molecule has 5 nitrogen and oxygen atoms in total. The van der Waals surface area contributed by atoms with Crippen molar-refractivity contribution in [3.8, 4) is 0 Å². The molecule has 128 valence electrons. The molecule has 1 amide bonds. The van der Waals surface area contributed by atoms with Gasteiger partial charge >= 0.3 is 6.09 Å². The molecule has 0 aliphatic heterocycles.